The lowest BCUT2D eigenvalue weighted by Gasteiger charge is -2.19. The molecule has 1 fully saturated rings. The Kier molecular flexibility index (Phi) is 4.64. The van der Waals surface area contributed by atoms with Gasteiger partial charge in [0.05, 0.1) is 6.54 Å². The van der Waals surface area contributed by atoms with Crippen LogP contribution in [-0.2, 0) is 26.2 Å². The van der Waals surface area contributed by atoms with Crippen LogP contribution < -0.4 is 5.32 Å². The highest BCUT2D eigenvalue weighted by Gasteiger charge is 2.40. The van der Waals surface area contributed by atoms with Gasteiger partial charge in [-0.25, -0.2) is 8.42 Å². The molecular formula is C12H16N2O5S2. The number of carbonyl (C=O) groups excluding carboxylic acids is 1. The Labute approximate surface area is 126 Å². The SMILES string of the molecule is CC(=O)NCc1ccc(S(=O)(=O)N2CCC[C@@H]2C(=O)O)s1. The smallest absolute Gasteiger partial charge is 0.322 e. The van der Waals surface area contributed by atoms with Crippen LogP contribution in [0, 0.1) is 0 Å². The summed E-state index contributed by atoms with van der Waals surface area (Å²) in [5.74, 6) is -1.32. The molecule has 0 bridgehead atoms. The summed E-state index contributed by atoms with van der Waals surface area (Å²) in [6.45, 7) is 1.86. The van der Waals surface area contributed by atoms with Crippen LogP contribution in [0.4, 0.5) is 0 Å². The second kappa shape index (κ2) is 6.12. The van der Waals surface area contributed by atoms with Crippen molar-refractivity contribution in [1.82, 2.24) is 9.62 Å². The van der Waals surface area contributed by atoms with Gasteiger partial charge in [0, 0.05) is 18.3 Å². The third-order valence-electron chi connectivity index (χ3n) is 3.20. The van der Waals surface area contributed by atoms with Gasteiger partial charge in [0.2, 0.25) is 5.91 Å². The van der Waals surface area contributed by atoms with E-state index in [0.29, 0.717) is 17.7 Å². The average Bonchev–Trinajstić information content (AvgIpc) is 3.05. The summed E-state index contributed by atoms with van der Waals surface area (Å²) >= 11 is 1.05. The highest BCUT2D eigenvalue weighted by molar-refractivity contribution is 7.91. The zero-order valence-corrected chi connectivity index (χ0v) is 13.0. The maximum absolute atomic E-state index is 12.5. The number of amides is 1. The monoisotopic (exact) mass is 332 g/mol. The Morgan fingerprint density at radius 2 is 2.19 bits per heavy atom. The number of rotatable bonds is 5. The molecular weight excluding hydrogens is 316 g/mol. The molecule has 0 unspecified atom stereocenters. The van der Waals surface area contributed by atoms with Gasteiger partial charge < -0.3 is 10.4 Å². The van der Waals surface area contributed by atoms with Crippen LogP contribution in [0.1, 0.15) is 24.6 Å². The summed E-state index contributed by atoms with van der Waals surface area (Å²) in [5, 5.41) is 11.7. The Morgan fingerprint density at radius 1 is 1.48 bits per heavy atom. The Morgan fingerprint density at radius 3 is 2.81 bits per heavy atom. The van der Waals surface area contributed by atoms with Gasteiger partial charge in [-0.2, -0.15) is 4.31 Å². The molecule has 116 valence electrons. The quantitative estimate of drug-likeness (QED) is 0.823. The first-order chi connectivity index (χ1) is 9.82. The molecule has 0 spiro atoms. The average molecular weight is 332 g/mol. The van der Waals surface area contributed by atoms with E-state index >= 15 is 0 Å². The summed E-state index contributed by atoms with van der Waals surface area (Å²) in [6.07, 6.45) is 0.874. The first-order valence-electron chi connectivity index (χ1n) is 6.40. The van der Waals surface area contributed by atoms with Crippen LogP contribution in [-0.4, -0.2) is 42.3 Å². The lowest BCUT2D eigenvalue weighted by atomic mass is 10.2. The highest BCUT2D eigenvalue weighted by atomic mass is 32.2. The van der Waals surface area contributed by atoms with Crippen molar-refractivity contribution in [3.8, 4) is 0 Å². The summed E-state index contributed by atoms with van der Waals surface area (Å²) < 4.78 is 26.1. The fraction of sp³-hybridized carbons (Fsp3) is 0.500. The van der Waals surface area contributed by atoms with Crippen molar-refractivity contribution in [2.45, 2.75) is 36.6 Å². The largest absolute Gasteiger partial charge is 0.480 e. The number of carboxylic acids is 1. The van der Waals surface area contributed by atoms with Crippen molar-refractivity contribution in [2.24, 2.45) is 0 Å². The third kappa shape index (κ3) is 3.42. The van der Waals surface area contributed by atoms with Crippen molar-refractivity contribution < 1.29 is 23.1 Å². The van der Waals surface area contributed by atoms with E-state index in [2.05, 4.69) is 5.32 Å². The number of aliphatic carboxylic acids is 1. The summed E-state index contributed by atoms with van der Waals surface area (Å²) in [6, 6.07) is 2.09. The second-order valence-corrected chi connectivity index (χ2v) is 8.03. The van der Waals surface area contributed by atoms with Crippen molar-refractivity contribution in [2.75, 3.05) is 6.54 Å². The minimum atomic E-state index is -3.79. The highest BCUT2D eigenvalue weighted by Crippen LogP contribution is 2.30. The van der Waals surface area contributed by atoms with Crippen molar-refractivity contribution >= 4 is 33.2 Å². The molecule has 1 aromatic rings. The topological polar surface area (TPSA) is 104 Å². The fourth-order valence-electron chi connectivity index (χ4n) is 2.19. The van der Waals surface area contributed by atoms with Crippen LogP contribution in [0.2, 0.25) is 0 Å². The van der Waals surface area contributed by atoms with E-state index in [9.17, 15) is 18.0 Å². The van der Waals surface area contributed by atoms with E-state index in [4.69, 9.17) is 5.11 Å². The molecule has 7 nitrogen and oxygen atoms in total. The fourth-order valence-corrected chi connectivity index (χ4v) is 5.27. The molecule has 1 saturated heterocycles. The number of hydrogen-bond donors (Lipinski definition) is 2. The minimum absolute atomic E-state index is 0.107. The normalized spacial score (nSPS) is 19.6. The molecule has 2 rings (SSSR count). The molecule has 2 N–H and O–H groups in total. The number of nitrogens with one attached hydrogen (secondary N) is 1. The summed E-state index contributed by atoms with van der Waals surface area (Å²) in [4.78, 5) is 22.7. The zero-order chi connectivity index (χ0) is 15.6. The minimum Gasteiger partial charge on any atom is -0.480 e. The molecule has 0 aliphatic carbocycles. The van der Waals surface area contributed by atoms with Gasteiger partial charge in [-0.3, -0.25) is 9.59 Å². The van der Waals surface area contributed by atoms with E-state index in [1.165, 1.54) is 13.0 Å². The number of hydrogen-bond acceptors (Lipinski definition) is 5. The van der Waals surface area contributed by atoms with Gasteiger partial charge in [-0.05, 0) is 25.0 Å². The molecule has 21 heavy (non-hydrogen) atoms. The van der Waals surface area contributed by atoms with Crippen LogP contribution in [0.25, 0.3) is 0 Å². The molecule has 9 heteroatoms. The first kappa shape index (κ1) is 15.9. The molecule has 2 heterocycles. The zero-order valence-electron chi connectivity index (χ0n) is 11.4. The lowest BCUT2D eigenvalue weighted by molar-refractivity contribution is -0.140. The standard InChI is InChI=1S/C12H16N2O5S2/c1-8(15)13-7-9-4-5-11(20-9)21(18,19)14-6-2-3-10(14)12(16)17/h4-5,10H,2-3,6-7H2,1H3,(H,13,15)(H,16,17)/t10-/m1/s1. The molecule has 1 aliphatic heterocycles. The molecule has 0 radical (unpaired) electrons. The molecule has 1 aliphatic rings. The predicted molar refractivity (Wildman–Crippen MR) is 76.4 cm³/mol. The van der Waals surface area contributed by atoms with E-state index in [0.717, 1.165) is 15.6 Å². The Bertz CT molecular complexity index is 652. The number of nitrogens with zero attached hydrogens (tertiary/aromatic N) is 1. The van der Waals surface area contributed by atoms with Crippen molar-refractivity contribution in [1.29, 1.82) is 0 Å². The lowest BCUT2D eigenvalue weighted by Crippen LogP contribution is -2.40. The Hall–Kier alpha value is -1.45. The predicted octanol–water partition coefficient (Wildman–Crippen LogP) is 0.622. The third-order valence-corrected chi connectivity index (χ3v) is 6.66. The van der Waals surface area contributed by atoms with E-state index in [1.807, 2.05) is 0 Å². The maximum Gasteiger partial charge on any atom is 0.322 e. The van der Waals surface area contributed by atoms with E-state index in [-0.39, 0.29) is 23.2 Å². The molecule has 0 aromatic carbocycles. The molecule has 0 saturated carbocycles. The van der Waals surface area contributed by atoms with E-state index in [1.54, 1.807) is 6.07 Å². The number of carbonyl (C=O) groups is 2. The van der Waals surface area contributed by atoms with Gasteiger partial charge >= 0.3 is 5.97 Å². The van der Waals surface area contributed by atoms with Crippen LogP contribution in [0.15, 0.2) is 16.3 Å². The number of sulfonamides is 1. The van der Waals surface area contributed by atoms with Gasteiger partial charge in [-0.1, -0.05) is 0 Å². The van der Waals surface area contributed by atoms with Gasteiger partial charge in [0.15, 0.2) is 0 Å². The molecule has 1 atom stereocenters. The van der Waals surface area contributed by atoms with Crippen molar-refractivity contribution in [3.63, 3.8) is 0 Å². The Balaban J connectivity index is 2.20. The van der Waals surface area contributed by atoms with Crippen LogP contribution in [0.5, 0.6) is 0 Å². The van der Waals surface area contributed by atoms with E-state index < -0.39 is 22.0 Å². The van der Waals surface area contributed by atoms with Crippen LogP contribution in [0.3, 0.4) is 0 Å². The van der Waals surface area contributed by atoms with Crippen molar-refractivity contribution in [3.05, 3.63) is 17.0 Å². The summed E-state index contributed by atoms with van der Waals surface area (Å²) in [7, 11) is -3.79. The molecule has 1 amide bonds. The second-order valence-electron chi connectivity index (χ2n) is 4.74. The summed E-state index contributed by atoms with van der Waals surface area (Å²) in [5.41, 5.74) is 0. The van der Waals surface area contributed by atoms with Gasteiger partial charge in [0.25, 0.3) is 10.0 Å². The van der Waals surface area contributed by atoms with Gasteiger partial charge in [0.1, 0.15) is 10.3 Å². The first-order valence-corrected chi connectivity index (χ1v) is 8.66. The maximum atomic E-state index is 12.5. The number of carboxylic acid groups (broad SMARTS) is 1. The number of thiophene rings is 1. The van der Waals surface area contributed by atoms with Crippen LogP contribution >= 0.6 is 11.3 Å². The van der Waals surface area contributed by atoms with Gasteiger partial charge in [-0.15, -0.1) is 11.3 Å². The molecule has 1 aromatic heterocycles.